The molecular weight excluding hydrogens is 325 g/mol. The molecule has 0 spiro atoms. The lowest BCUT2D eigenvalue weighted by Gasteiger charge is -2.07. The first kappa shape index (κ1) is 15.2. The van der Waals surface area contributed by atoms with Crippen LogP contribution in [0.3, 0.4) is 0 Å². The van der Waals surface area contributed by atoms with Crippen molar-refractivity contribution < 1.29 is 13.6 Å². The molecule has 3 aromatic rings. The normalized spacial score (nSPS) is 11.0. The van der Waals surface area contributed by atoms with E-state index in [1.165, 1.54) is 30.1 Å². The van der Waals surface area contributed by atoms with Crippen molar-refractivity contribution in [2.24, 2.45) is 7.05 Å². The molecule has 0 bridgehead atoms. The summed E-state index contributed by atoms with van der Waals surface area (Å²) in [5, 5.41) is 2.68. The molecule has 0 fully saturated rings. The summed E-state index contributed by atoms with van der Waals surface area (Å²) < 4.78 is 19.7. The second-order valence-electron chi connectivity index (χ2n) is 4.95. The zero-order chi connectivity index (χ0) is 16.7. The molecule has 0 saturated heterocycles. The number of hydrogen-bond donors (Lipinski definition) is 1. The fourth-order valence-corrected chi connectivity index (χ4v) is 2.45. The van der Waals surface area contributed by atoms with Crippen LogP contribution >= 0.6 is 11.6 Å². The number of aromatic nitrogens is 2. The number of carbonyl (C=O) groups excluding carboxylic acids is 1. The zero-order valence-corrected chi connectivity index (χ0v) is 12.9. The average Bonchev–Trinajstić information content (AvgIpc) is 2.83. The van der Waals surface area contributed by atoms with Gasteiger partial charge in [-0.25, -0.2) is 9.37 Å². The van der Waals surface area contributed by atoms with Crippen molar-refractivity contribution in [1.82, 2.24) is 9.55 Å². The van der Waals surface area contributed by atoms with Crippen LogP contribution in [0.25, 0.3) is 11.1 Å². The van der Waals surface area contributed by atoms with E-state index in [1.807, 2.05) is 0 Å². The van der Waals surface area contributed by atoms with Crippen molar-refractivity contribution in [1.29, 1.82) is 0 Å². The number of fused-ring (bicyclic) bond motifs is 1. The zero-order valence-electron chi connectivity index (χ0n) is 12.2. The number of anilines is 1. The lowest BCUT2D eigenvalue weighted by Crippen LogP contribution is -2.20. The van der Waals surface area contributed by atoms with E-state index in [1.54, 1.807) is 6.92 Å². The summed E-state index contributed by atoms with van der Waals surface area (Å²) in [5.41, 5.74) is -0.00946. The number of hydrogen-bond acceptors (Lipinski definition) is 4. The van der Waals surface area contributed by atoms with Crippen molar-refractivity contribution in [3.63, 3.8) is 0 Å². The van der Waals surface area contributed by atoms with E-state index >= 15 is 0 Å². The molecule has 0 aliphatic heterocycles. The Labute approximate surface area is 134 Å². The Morgan fingerprint density at radius 1 is 1.43 bits per heavy atom. The Morgan fingerprint density at radius 2 is 2.17 bits per heavy atom. The van der Waals surface area contributed by atoms with Crippen LogP contribution < -0.4 is 10.9 Å². The summed E-state index contributed by atoms with van der Waals surface area (Å²) in [5.74, 6) is -0.845. The van der Waals surface area contributed by atoms with Crippen molar-refractivity contribution in [2.75, 3.05) is 5.32 Å². The van der Waals surface area contributed by atoms with Gasteiger partial charge in [0, 0.05) is 7.05 Å². The number of halogens is 2. The SMILES string of the molecule is Cc1oc2ncn(C)c(=O)c2c1C(=O)Nc1ccc(F)cc1Cl. The van der Waals surface area contributed by atoms with Crippen LogP contribution in [0.15, 0.2) is 33.7 Å². The van der Waals surface area contributed by atoms with Crippen LogP contribution in [-0.4, -0.2) is 15.5 Å². The van der Waals surface area contributed by atoms with E-state index in [0.29, 0.717) is 0 Å². The van der Waals surface area contributed by atoms with Crippen LogP contribution in [0, 0.1) is 12.7 Å². The van der Waals surface area contributed by atoms with E-state index in [0.717, 1.165) is 6.07 Å². The smallest absolute Gasteiger partial charge is 0.265 e. The van der Waals surface area contributed by atoms with Crippen LogP contribution in [0.1, 0.15) is 16.1 Å². The molecule has 0 radical (unpaired) electrons. The van der Waals surface area contributed by atoms with Gasteiger partial charge in [-0.15, -0.1) is 0 Å². The monoisotopic (exact) mass is 335 g/mol. The van der Waals surface area contributed by atoms with E-state index in [-0.39, 0.29) is 33.1 Å². The minimum Gasteiger partial charge on any atom is -0.442 e. The van der Waals surface area contributed by atoms with Gasteiger partial charge in [-0.1, -0.05) is 11.6 Å². The first-order valence-corrected chi connectivity index (χ1v) is 6.97. The van der Waals surface area contributed by atoms with Gasteiger partial charge in [0.2, 0.25) is 5.71 Å². The lowest BCUT2D eigenvalue weighted by atomic mass is 10.1. The molecule has 0 atom stereocenters. The maximum absolute atomic E-state index is 13.1. The molecule has 1 aromatic carbocycles. The highest BCUT2D eigenvalue weighted by atomic mass is 35.5. The van der Waals surface area contributed by atoms with Gasteiger partial charge >= 0.3 is 0 Å². The third kappa shape index (κ3) is 2.59. The van der Waals surface area contributed by atoms with Crippen LogP contribution in [-0.2, 0) is 7.05 Å². The lowest BCUT2D eigenvalue weighted by molar-refractivity contribution is 0.102. The number of amides is 1. The fraction of sp³-hybridized carbons (Fsp3) is 0.133. The van der Waals surface area contributed by atoms with E-state index in [4.69, 9.17) is 16.0 Å². The summed E-state index contributed by atoms with van der Waals surface area (Å²) >= 11 is 5.89. The van der Waals surface area contributed by atoms with Gasteiger partial charge in [0.25, 0.3) is 11.5 Å². The third-order valence-electron chi connectivity index (χ3n) is 3.35. The number of aryl methyl sites for hydroxylation is 2. The summed E-state index contributed by atoms with van der Waals surface area (Å²) in [6.07, 6.45) is 1.31. The molecule has 0 saturated carbocycles. The number of nitrogens with one attached hydrogen (secondary N) is 1. The van der Waals surface area contributed by atoms with E-state index in [2.05, 4.69) is 10.3 Å². The standard InChI is InChI=1S/C15H11ClFN3O3/c1-7-11(12-14(23-7)18-6-20(2)15(12)22)13(21)19-10-4-3-8(17)5-9(10)16/h3-6H,1-2H3,(H,19,21). The predicted molar refractivity (Wildman–Crippen MR) is 83.4 cm³/mol. The second kappa shape index (κ2) is 5.51. The van der Waals surface area contributed by atoms with Crippen molar-refractivity contribution in [3.8, 4) is 0 Å². The number of furan rings is 1. The maximum Gasteiger partial charge on any atom is 0.265 e. The van der Waals surface area contributed by atoms with Crippen molar-refractivity contribution in [3.05, 3.63) is 57.0 Å². The molecular formula is C15H11ClFN3O3. The van der Waals surface area contributed by atoms with Gasteiger partial charge in [0.15, 0.2) is 0 Å². The molecule has 3 rings (SSSR count). The van der Waals surface area contributed by atoms with E-state index < -0.39 is 17.3 Å². The van der Waals surface area contributed by atoms with Gasteiger partial charge in [-0.3, -0.25) is 9.59 Å². The fourth-order valence-electron chi connectivity index (χ4n) is 2.24. The number of rotatable bonds is 2. The highest BCUT2D eigenvalue weighted by molar-refractivity contribution is 6.34. The highest BCUT2D eigenvalue weighted by Crippen LogP contribution is 2.26. The van der Waals surface area contributed by atoms with Gasteiger partial charge in [-0.05, 0) is 25.1 Å². The minimum absolute atomic E-state index is 0.0508. The summed E-state index contributed by atoms with van der Waals surface area (Å²) in [6, 6.07) is 3.59. The summed E-state index contributed by atoms with van der Waals surface area (Å²) in [7, 11) is 1.52. The summed E-state index contributed by atoms with van der Waals surface area (Å²) in [4.78, 5) is 28.7. The molecule has 23 heavy (non-hydrogen) atoms. The largest absolute Gasteiger partial charge is 0.442 e. The average molecular weight is 336 g/mol. The first-order chi connectivity index (χ1) is 10.9. The van der Waals surface area contributed by atoms with Gasteiger partial charge in [0.05, 0.1) is 16.3 Å². The van der Waals surface area contributed by atoms with Gasteiger partial charge < -0.3 is 14.3 Å². The molecule has 2 aromatic heterocycles. The molecule has 6 nitrogen and oxygen atoms in total. The number of carbonyl (C=O) groups is 1. The molecule has 0 aliphatic rings. The molecule has 1 amide bonds. The first-order valence-electron chi connectivity index (χ1n) is 6.59. The molecule has 118 valence electrons. The summed E-state index contributed by atoms with van der Waals surface area (Å²) in [6.45, 7) is 1.56. The Kier molecular flexibility index (Phi) is 3.65. The minimum atomic E-state index is -0.583. The topological polar surface area (TPSA) is 77.1 Å². The Morgan fingerprint density at radius 3 is 2.87 bits per heavy atom. The van der Waals surface area contributed by atoms with Crippen molar-refractivity contribution >= 4 is 34.3 Å². The predicted octanol–water partition coefficient (Wildman–Crippen LogP) is 2.88. The van der Waals surface area contributed by atoms with Crippen LogP contribution in [0.4, 0.5) is 10.1 Å². The maximum atomic E-state index is 13.1. The number of nitrogens with zero attached hydrogens (tertiary/aromatic N) is 2. The Hall–Kier alpha value is -2.67. The molecule has 0 unspecified atom stereocenters. The van der Waals surface area contributed by atoms with Gasteiger partial charge in [0.1, 0.15) is 23.3 Å². The second-order valence-corrected chi connectivity index (χ2v) is 5.36. The molecule has 2 heterocycles. The Balaban J connectivity index is 2.09. The molecule has 1 N–H and O–H groups in total. The van der Waals surface area contributed by atoms with Crippen LogP contribution in [0.5, 0.6) is 0 Å². The van der Waals surface area contributed by atoms with Crippen LogP contribution in [0.2, 0.25) is 5.02 Å². The molecule has 8 heteroatoms. The third-order valence-corrected chi connectivity index (χ3v) is 3.67. The molecule has 0 aliphatic carbocycles. The Bertz CT molecular complexity index is 994. The highest BCUT2D eigenvalue weighted by Gasteiger charge is 2.23. The number of benzene rings is 1. The van der Waals surface area contributed by atoms with Crippen molar-refractivity contribution in [2.45, 2.75) is 6.92 Å². The quantitative estimate of drug-likeness (QED) is 0.781. The van der Waals surface area contributed by atoms with E-state index in [9.17, 15) is 14.0 Å². The van der Waals surface area contributed by atoms with Gasteiger partial charge in [-0.2, -0.15) is 0 Å².